The van der Waals surface area contributed by atoms with E-state index >= 15 is 0 Å². The molecular formula is C20H26N2O. The molecule has 1 aliphatic heterocycles. The van der Waals surface area contributed by atoms with Crippen LogP contribution < -0.4 is 4.74 Å². The Balaban J connectivity index is 1.48. The van der Waals surface area contributed by atoms with Crippen molar-refractivity contribution in [3.8, 4) is 5.75 Å². The lowest BCUT2D eigenvalue weighted by Gasteiger charge is -2.32. The van der Waals surface area contributed by atoms with Crippen molar-refractivity contribution < 1.29 is 4.74 Å². The van der Waals surface area contributed by atoms with Gasteiger partial charge in [-0.3, -0.25) is 9.88 Å². The number of aromatic nitrogens is 1. The zero-order valence-corrected chi connectivity index (χ0v) is 13.9. The lowest BCUT2D eigenvalue weighted by Crippen LogP contribution is -2.35. The maximum absolute atomic E-state index is 5.22. The number of ether oxygens (including phenoxy) is 1. The minimum absolute atomic E-state index is 0.808. The van der Waals surface area contributed by atoms with Crippen LogP contribution in [0.15, 0.2) is 48.8 Å². The van der Waals surface area contributed by atoms with E-state index in [4.69, 9.17) is 4.74 Å². The summed E-state index contributed by atoms with van der Waals surface area (Å²) in [6.45, 7) is 3.46. The Morgan fingerprint density at radius 1 is 1.17 bits per heavy atom. The average molecular weight is 310 g/mol. The van der Waals surface area contributed by atoms with Gasteiger partial charge in [0.15, 0.2) is 0 Å². The zero-order chi connectivity index (χ0) is 15.9. The monoisotopic (exact) mass is 310 g/mol. The highest BCUT2D eigenvalue weighted by Gasteiger charge is 2.19. The first-order chi connectivity index (χ1) is 11.3. The van der Waals surface area contributed by atoms with Crippen LogP contribution in [-0.2, 0) is 13.0 Å². The second-order valence-corrected chi connectivity index (χ2v) is 6.49. The van der Waals surface area contributed by atoms with E-state index in [-0.39, 0.29) is 0 Å². The van der Waals surface area contributed by atoms with E-state index in [2.05, 4.69) is 40.2 Å². The third-order valence-corrected chi connectivity index (χ3v) is 4.73. The molecule has 0 saturated carbocycles. The molecule has 0 radical (unpaired) electrons. The molecule has 0 aliphatic carbocycles. The van der Waals surface area contributed by atoms with Gasteiger partial charge < -0.3 is 4.74 Å². The Kier molecular flexibility index (Phi) is 5.65. The molecule has 1 saturated heterocycles. The van der Waals surface area contributed by atoms with Gasteiger partial charge in [-0.2, -0.15) is 0 Å². The summed E-state index contributed by atoms with van der Waals surface area (Å²) in [4.78, 5) is 6.80. The molecular weight excluding hydrogens is 284 g/mol. The van der Waals surface area contributed by atoms with E-state index in [1.807, 2.05) is 18.5 Å². The van der Waals surface area contributed by atoms with Gasteiger partial charge >= 0.3 is 0 Å². The molecule has 0 bridgehead atoms. The first-order valence-electron chi connectivity index (χ1n) is 8.57. The van der Waals surface area contributed by atoms with E-state index in [1.165, 1.54) is 43.5 Å². The van der Waals surface area contributed by atoms with E-state index in [9.17, 15) is 0 Å². The Bertz CT molecular complexity index is 582. The van der Waals surface area contributed by atoms with Gasteiger partial charge in [0.25, 0.3) is 0 Å². The number of hydrogen-bond donors (Lipinski definition) is 0. The summed E-state index contributed by atoms with van der Waals surface area (Å²) in [6, 6.07) is 12.7. The number of aryl methyl sites for hydroxylation is 1. The Hall–Kier alpha value is -1.87. The summed E-state index contributed by atoms with van der Waals surface area (Å²) in [5.41, 5.74) is 2.73. The number of likely N-dealkylation sites (tertiary alicyclic amines) is 1. The second kappa shape index (κ2) is 8.11. The summed E-state index contributed by atoms with van der Waals surface area (Å²) in [5, 5.41) is 0. The lowest BCUT2D eigenvalue weighted by atomic mass is 9.91. The molecule has 3 nitrogen and oxygen atoms in total. The number of piperidine rings is 1. The molecule has 0 amide bonds. The third kappa shape index (κ3) is 4.80. The molecule has 2 aromatic rings. The van der Waals surface area contributed by atoms with Crippen molar-refractivity contribution in [1.29, 1.82) is 0 Å². The quantitative estimate of drug-likeness (QED) is 0.808. The molecule has 1 fully saturated rings. The van der Waals surface area contributed by atoms with Crippen LogP contribution in [0.3, 0.4) is 0 Å². The number of rotatable bonds is 6. The fourth-order valence-corrected chi connectivity index (χ4v) is 3.44. The van der Waals surface area contributed by atoms with Crippen LogP contribution in [0.1, 0.15) is 30.4 Å². The summed E-state index contributed by atoms with van der Waals surface area (Å²) < 4.78 is 5.22. The Morgan fingerprint density at radius 3 is 2.78 bits per heavy atom. The first kappa shape index (κ1) is 16.0. The van der Waals surface area contributed by atoms with Crippen LogP contribution in [-0.4, -0.2) is 30.1 Å². The number of benzene rings is 1. The molecule has 122 valence electrons. The third-order valence-electron chi connectivity index (χ3n) is 4.73. The summed E-state index contributed by atoms with van der Waals surface area (Å²) in [6.07, 6.45) is 8.94. The van der Waals surface area contributed by atoms with Crippen molar-refractivity contribution in [2.45, 2.75) is 32.2 Å². The van der Waals surface area contributed by atoms with Crippen LogP contribution in [0.5, 0.6) is 5.75 Å². The first-order valence-corrected chi connectivity index (χ1v) is 8.57. The average Bonchev–Trinajstić information content (AvgIpc) is 2.62. The lowest BCUT2D eigenvalue weighted by molar-refractivity contribution is 0.161. The molecule has 1 aromatic carbocycles. The van der Waals surface area contributed by atoms with Gasteiger partial charge in [0.2, 0.25) is 0 Å². The predicted molar refractivity (Wildman–Crippen MR) is 93.6 cm³/mol. The normalized spacial score (nSPS) is 18.7. The topological polar surface area (TPSA) is 25.4 Å². The SMILES string of the molecule is COc1ccc(CC[C@@H]2CCCN(Cc3cccnc3)C2)cc1. The van der Waals surface area contributed by atoms with Crippen molar-refractivity contribution >= 4 is 0 Å². The molecule has 2 heterocycles. The highest BCUT2D eigenvalue weighted by molar-refractivity contribution is 5.27. The van der Waals surface area contributed by atoms with Crippen LogP contribution >= 0.6 is 0 Å². The maximum atomic E-state index is 5.22. The maximum Gasteiger partial charge on any atom is 0.118 e. The number of nitrogens with zero attached hydrogens (tertiary/aromatic N) is 2. The zero-order valence-electron chi connectivity index (χ0n) is 13.9. The van der Waals surface area contributed by atoms with Gasteiger partial charge in [-0.15, -0.1) is 0 Å². The molecule has 23 heavy (non-hydrogen) atoms. The van der Waals surface area contributed by atoms with Crippen molar-refractivity contribution in [2.24, 2.45) is 5.92 Å². The van der Waals surface area contributed by atoms with E-state index in [1.54, 1.807) is 7.11 Å². The highest BCUT2D eigenvalue weighted by atomic mass is 16.5. The van der Waals surface area contributed by atoms with Crippen molar-refractivity contribution in [3.05, 3.63) is 59.9 Å². The van der Waals surface area contributed by atoms with Crippen LogP contribution in [0, 0.1) is 5.92 Å². The highest BCUT2D eigenvalue weighted by Crippen LogP contribution is 2.23. The fourth-order valence-electron chi connectivity index (χ4n) is 3.44. The van der Waals surface area contributed by atoms with Gasteiger partial charge in [-0.05, 0) is 67.5 Å². The fraction of sp³-hybridized carbons (Fsp3) is 0.450. The Labute approximate surface area is 139 Å². The van der Waals surface area contributed by atoms with E-state index in [0.29, 0.717) is 0 Å². The standard InChI is InChI=1S/C20H26N2O/c1-23-20-10-8-17(9-11-20)6-7-18-5-3-13-22(15-18)16-19-4-2-12-21-14-19/h2,4,8-12,14,18H,3,5-7,13,15-16H2,1H3/t18-/m0/s1. The summed E-state index contributed by atoms with van der Waals surface area (Å²) in [5.74, 6) is 1.75. The molecule has 3 heteroatoms. The molecule has 3 rings (SSSR count). The van der Waals surface area contributed by atoms with Crippen molar-refractivity contribution in [1.82, 2.24) is 9.88 Å². The largest absolute Gasteiger partial charge is 0.497 e. The van der Waals surface area contributed by atoms with Crippen LogP contribution in [0.2, 0.25) is 0 Å². The molecule has 1 aromatic heterocycles. The van der Waals surface area contributed by atoms with Crippen LogP contribution in [0.4, 0.5) is 0 Å². The van der Waals surface area contributed by atoms with Gasteiger partial charge in [0.1, 0.15) is 5.75 Å². The smallest absolute Gasteiger partial charge is 0.118 e. The minimum Gasteiger partial charge on any atom is -0.497 e. The van der Waals surface area contributed by atoms with Gasteiger partial charge in [-0.1, -0.05) is 18.2 Å². The van der Waals surface area contributed by atoms with Gasteiger partial charge in [-0.25, -0.2) is 0 Å². The molecule has 1 atom stereocenters. The molecule has 0 spiro atoms. The number of pyridine rings is 1. The molecule has 0 N–H and O–H groups in total. The summed E-state index contributed by atoms with van der Waals surface area (Å²) in [7, 11) is 1.72. The van der Waals surface area contributed by atoms with Gasteiger partial charge in [0, 0.05) is 25.5 Å². The molecule has 1 aliphatic rings. The van der Waals surface area contributed by atoms with Crippen molar-refractivity contribution in [3.63, 3.8) is 0 Å². The van der Waals surface area contributed by atoms with Crippen LogP contribution in [0.25, 0.3) is 0 Å². The van der Waals surface area contributed by atoms with Gasteiger partial charge in [0.05, 0.1) is 7.11 Å². The summed E-state index contributed by atoms with van der Waals surface area (Å²) >= 11 is 0. The number of hydrogen-bond acceptors (Lipinski definition) is 3. The predicted octanol–water partition coefficient (Wildman–Crippen LogP) is 3.94. The van der Waals surface area contributed by atoms with Crippen molar-refractivity contribution in [2.75, 3.05) is 20.2 Å². The minimum atomic E-state index is 0.808. The number of methoxy groups -OCH3 is 1. The van der Waals surface area contributed by atoms with E-state index in [0.717, 1.165) is 24.6 Å². The second-order valence-electron chi connectivity index (χ2n) is 6.49. The molecule has 0 unspecified atom stereocenters. The van der Waals surface area contributed by atoms with E-state index < -0.39 is 0 Å². The Morgan fingerprint density at radius 2 is 2.04 bits per heavy atom.